The van der Waals surface area contributed by atoms with Gasteiger partial charge in [0, 0.05) is 30.7 Å². The number of pyridine rings is 1. The Balaban J connectivity index is 2.31. The number of nitrogens with zero attached hydrogens (tertiary/aromatic N) is 1. The second-order valence-electron chi connectivity index (χ2n) is 2.71. The molecule has 0 unspecified atom stereocenters. The molecule has 0 saturated heterocycles. The average molecular weight is 258 g/mol. The third-order valence-electron chi connectivity index (χ3n) is 1.66. The van der Waals surface area contributed by atoms with E-state index >= 15 is 0 Å². The maximum Gasteiger partial charge on any atom is 0.221 e. The molecule has 5 heteroatoms. The lowest BCUT2D eigenvalue weighted by Crippen LogP contribution is -2.20. The molecule has 14 heavy (non-hydrogen) atoms. The van der Waals surface area contributed by atoms with E-state index in [4.69, 9.17) is 0 Å². The van der Waals surface area contributed by atoms with Gasteiger partial charge in [-0.25, -0.2) is 4.98 Å². The molecule has 2 N–H and O–H groups in total. The van der Waals surface area contributed by atoms with Crippen LogP contribution in [-0.4, -0.2) is 24.5 Å². The van der Waals surface area contributed by atoms with Gasteiger partial charge in [-0.1, -0.05) is 0 Å². The van der Waals surface area contributed by atoms with Crippen molar-refractivity contribution in [2.45, 2.75) is 6.42 Å². The van der Waals surface area contributed by atoms with E-state index in [0.29, 0.717) is 13.0 Å². The molecular weight excluding hydrogens is 246 g/mol. The summed E-state index contributed by atoms with van der Waals surface area (Å²) in [5, 5.41) is 5.60. The van der Waals surface area contributed by atoms with Crippen LogP contribution in [0, 0.1) is 0 Å². The van der Waals surface area contributed by atoms with E-state index in [1.165, 1.54) is 0 Å². The monoisotopic (exact) mass is 257 g/mol. The van der Waals surface area contributed by atoms with Crippen LogP contribution in [0.2, 0.25) is 0 Å². The van der Waals surface area contributed by atoms with Crippen molar-refractivity contribution in [3.8, 4) is 0 Å². The summed E-state index contributed by atoms with van der Waals surface area (Å²) in [4.78, 5) is 15.0. The van der Waals surface area contributed by atoms with Gasteiger partial charge in [0.15, 0.2) is 0 Å². The van der Waals surface area contributed by atoms with E-state index in [0.717, 1.165) is 10.3 Å². The summed E-state index contributed by atoms with van der Waals surface area (Å²) in [5.74, 6) is 0.798. The highest BCUT2D eigenvalue weighted by Crippen LogP contribution is 2.10. The summed E-state index contributed by atoms with van der Waals surface area (Å²) < 4.78 is 0.939. The molecule has 0 aliphatic rings. The number of rotatable bonds is 4. The quantitative estimate of drug-likeness (QED) is 0.858. The molecule has 1 rings (SSSR count). The highest BCUT2D eigenvalue weighted by atomic mass is 79.9. The Morgan fingerprint density at radius 2 is 2.36 bits per heavy atom. The van der Waals surface area contributed by atoms with E-state index in [1.54, 1.807) is 13.2 Å². The molecule has 0 aromatic carbocycles. The molecule has 1 heterocycles. The minimum Gasteiger partial charge on any atom is -0.370 e. The average Bonchev–Trinajstić information content (AvgIpc) is 2.21. The molecule has 4 nitrogen and oxygen atoms in total. The van der Waals surface area contributed by atoms with Gasteiger partial charge < -0.3 is 10.6 Å². The zero-order chi connectivity index (χ0) is 10.4. The lowest BCUT2D eigenvalue weighted by Gasteiger charge is -2.04. The molecule has 0 fully saturated rings. The lowest BCUT2D eigenvalue weighted by atomic mass is 10.4. The minimum atomic E-state index is 0.0228. The predicted molar refractivity (Wildman–Crippen MR) is 59.1 cm³/mol. The first-order chi connectivity index (χ1) is 6.72. The van der Waals surface area contributed by atoms with Gasteiger partial charge in [-0.3, -0.25) is 4.79 Å². The molecule has 0 atom stereocenters. The molecular formula is C9H12BrN3O. The Bertz CT molecular complexity index is 299. The summed E-state index contributed by atoms with van der Waals surface area (Å²) in [7, 11) is 1.63. The number of hydrogen-bond acceptors (Lipinski definition) is 3. The van der Waals surface area contributed by atoms with E-state index in [-0.39, 0.29) is 5.91 Å². The number of carbonyl (C=O) groups is 1. The maximum atomic E-state index is 10.9. The molecule has 1 aromatic rings. The molecule has 0 bridgehead atoms. The van der Waals surface area contributed by atoms with Crippen molar-refractivity contribution in [3.05, 3.63) is 22.8 Å². The normalized spacial score (nSPS) is 9.57. The van der Waals surface area contributed by atoms with Crippen molar-refractivity contribution in [1.29, 1.82) is 0 Å². The van der Waals surface area contributed by atoms with Crippen molar-refractivity contribution >= 4 is 27.7 Å². The van der Waals surface area contributed by atoms with Crippen molar-refractivity contribution < 1.29 is 4.79 Å². The first kappa shape index (κ1) is 11.0. The predicted octanol–water partition coefficient (Wildman–Crippen LogP) is 1.39. The summed E-state index contributed by atoms with van der Waals surface area (Å²) in [5.41, 5.74) is 0. The van der Waals surface area contributed by atoms with Gasteiger partial charge in [0.2, 0.25) is 5.91 Å². The van der Waals surface area contributed by atoms with Crippen LogP contribution in [0.1, 0.15) is 6.42 Å². The molecule has 0 aliphatic heterocycles. The summed E-state index contributed by atoms with van der Waals surface area (Å²) >= 11 is 3.29. The van der Waals surface area contributed by atoms with Gasteiger partial charge in [-0.15, -0.1) is 0 Å². The van der Waals surface area contributed by atoms with Crippen molar-refractivity contribution in [2.75, 3.05) is 18.9 Å². The van der Waals surface area contributed by atoms with Crippen LogP contribution in [0.25, 0.3) is 0 Å². The van der Waals surface area contributed by atoms with Gasteiger partial charge in [-0.05, 0) is 28.1 Å². The van der Waals surface area contributed by atoms with Gasteiger partial charge >= 0.3 is 0 Å². The smallest absolute Gasteiger partial charge is 0.221 e. The second kappa shape index (κ2) is 5.59. The molecule has 0 aliphatic carbocycles. The Kier molecular flexibility index (Phi) is 4.39. The molecule has 76 valence electrons. The standard InChI is InChI=1S/C9H12BrN3O/c1-11-9(14)4-5-12-8-3-2-7(10)6-13-8/h2-3,6H,4-5H2,1H3,(H,11,14)(H,12,13). The zero-order valence-electron chi connectivity index (χ0n) is 7.88. The molecule has 0 radical (unpaired) electrons. The van der Waals surface area contributed by atoms with Gasteiger partial charge in [0.25, 0.3) is 0 Å². The van der Waals surface area contributed by atoms with E-state index in [2.05, 4.69) is 31.5 Å². The van der Waals surface area contributed by atoms with E-state index in [9.17, 15) is 4.79 Å². The zero-order valence-corrected chi connectivity index (χ0v) is 9.47. The minimum absolute atomic E-state index is 0.0228. The lowest BCUT2D eigenvalue weighted by molar-refractivity contribution is -0.120. The fourth-order valence-corrected chi connectivity index (χ4v) is 1.14. The van der Waals surface area contributed by atoms with Crippen LogP contribution in [-0.2, 0) is 4.79 Å². The highest BCUT2D eigenvalue weighted by Gasteiger charge is 1.97. The third kappa shape index (κ3) is 3.74. The Morgan fingerprint density at radius 1 is 1.57 bits per heavy atom. The topological polar surface area (TPSA) is 54.0 Å². The van der Waals surface area contributed by atoms with Gasteiger partial charge in [0.1, 0.15) is 5.82 Å². The Labute approximate surface area is 91.2 Å². The molecule has 0 spiro atoms. The van der Waals surface area contributed by atoms with Crippen molar-refractivity contribution in [2.24, 2.45) is 0 Å². The van der Waals surface area contributed by atoms with Crippen LogP contribution < -0.4 is 10.6 Å². The van der Waals surface area contributed by atoms with Gasteiger partial charge in [-0.2, -0.15) is 0 Å². The van der Waals surface area contributed by atoms with E-state index in [1.807, 2.05) is 12.1 Å². The number of hydrogen-bond donors (Lipinski definition) is 2. The highest BCUT2D eigenvalue weighted by molar-refractivity contribution is 9.10. The summed E-state index contributed by atoms with van der Waals surface area (Å²) in [6, 6.07) is 3.75. The first-order valence-corrected chi connectivity index (χ1v) is 5.07. The maximum absolute atomic E-state index is 10.9. The number of halogens is 1. The molecule has 0 saturated carbocycles. The largest absolute Gasteiger partial charge is 0.370 e. The van der Waals surface area contributed by atoms with Crippen molar-refractivity contribution in [3.63, 3.8) is 0 Å². The third-order valence-corrected chi connectivity index (χ3v) is 2.13. The summed E-state index contributed by atoms with van der Waals surface area (Å²) in [6.07, 6.45) is 2.16. The van der Waals surface area contributed by atoms with Crippen LogP contribution in [0.15, 0.2) is 22.8 Å². The van der Waals surface area contributed by atoms with E-state index < -0.39 is 0 Å². The van der Waals surface area contributed by atoms with Gasteiger partial charge in [0.05, 0.1) is 0 Å². The van der Waals surface area contributed by atoms with Crippen LogP contribution >= 0.6 is 15.9 Å². The fourth-order valence-electron chi connectivity index (χ4n) is 0.909. The van der Waals surface area contributed by atoms with Crippen LogP contribution in [0.4, 0.5) is 5.82 Å². The fraction of sp³-hybridized carbons (Fsp3) is 0.333. The number of amides is 1. The summed E-state index contributed by atoms with van der Waals surface area (Å²) in [6.45, 7) is 0.592. The molecule has 1 amide bonds. The number of aromatic nitrogens is 1. The Hall–Kier alpha value is -1.10. The van der Waals surface area contributed by atoms with Crippen LogP contribution in [0.5, 0.6) is 0 Å². The molecule has 1 aromatic heterocycles. The van der Waals surface area contributed by atoms with Crippen molar-refractivity contribution in [1.82, 2.24) is 10.3 Å². The first-order valence-electron chi connectivity index (χ1n) is 4.28. The number of nitrogens with one attached hydrogen (secondary N) is 2. The second-order valence-corrected chi connectivity index (χ2v) is 3.63. The number of carbonyl (C=O) groups excluding carboxylic acids is 1. The SMILES string of the molecule is CNC(=O)CCNc1ccc(Br)cn1. The van der Waals surface area contributed by atoms with Crippen LogP contribution in [0.3, 0.4) is 0 Å². The number of anilines is 1. The Morgan fingerprint density at radius 3 is 2.93 bits per heavy atom.